The fourth-order valence-corrected chi connectivity index (χ4v) is 2.74. The maximum Gasteiger partial charge on any atom is 0.263 e. The number of nitrogens with zero attached hydrogens (tertiary/aromatic N) is 1. The lowest BCUT2D eigenvalue weighted by Crippen LogP contribution is -2.29. The molecule has 0 bridgehead atoms. The highest BCUT2D eigenvalue weighted by Crippen LogP contribution is 2.27. The van der Waals surface area contributed by atoms with Crippen molar-refractivity contribution in [1.82, 2.24) is 4.90 Å². The van der Waals surface area contributed by atoms with Crippen molar-refractivity contribution in [2.45, 2.75) is 31.8 Å². The third-order valence-electron chi connectivity index (χ3n) is 3.89. The monoisotopic (exact) mass is 259 g/mol. The van der Waals surface area contributed by atoms with Crippen molar-refractivity contribution in [3.8, 4) is 5.75 Å². The van der Waals surface area contributed by atoms with E-state index in [1.165, 1.54) is 0 Å². The van der Waals surface area contributed by atoms with Gasteiger partial charge in [-0.25, -0.2) is 0 Å². The fraction of sp³-hybridized carbons (Fsp3) is 0.467. The van der Waals surface area contributed by atoms with Crippen LogP contribution in [0.1, 0.15) is 35.2 Å². The molecule has 3 rings (SSSR count). The van der Waals surface area contributed by atoms with Crippen molar-refractivity contribution in [2.24, 2.45) is 0 Å². The van der Waals surface area contributed by atoms with Gasteiger partial charge in [0, 0.05) is 32.0 Å². The Balaban J connectivity index is 1.81. The summed E-state index contributed by atoms with van der Waals surface area (Å²) in [5.41, 5.74) is 1.86. The number of carbonyl (C=O) groups excluding carboxylic acids is 2. The molecular weight excluding hydrogens is 242 g/mol. The average Bonchev–Trinajstić information content (AvgIpc) is 2.72. The topological polar surface area (TPSA) is 46.6 Å². The van der Waals surface area contributed by atoms with Crippen molar-refractivity contribution in [3.05, 3.63) is 29.3 Å². The summed E-state index contributed by atoms with van der Waals surface area (Å²) in [7, 11) is 1.78. The molecule has 100 valence electrons. The first-order valence-corrected chi connectivity index (χ1v) is 6.73. The summed E-state index contributed by atoms with van der Waals surface area (Å²) in [6.07, 6.45) is 2.80. The second kappa shape index (κ2) is 4.68. The van der Waals surface area contributed by atoms with Gasteiger partial charge in [0.2, 0.25) is 0 Å². The molecule has 0 aromatic heterocycles. The van der Waals surface area contributed by atoms with E-state index >= 15 is 0 Å². The van der Waals surface area contributed by atoms with Crippen LogP contribution in [0.5, 0.6) is 5.75 Å². The van der Waals surface area contributed by atoms with Crippen molar-refractivity contribution < 1.29 is 14.3 Å². The molecule has 1 unspecified atom stereocenters. The minimum atomic E-state index is -0.401. The van der Waals surface area contributed by atoms with Crippen LogP contribution in [0.25, 0.3) is 0 Å². The Morgan fingerprint density at radius 2 is 2.11 bits per heavy atom. The zero-order valence-corrected chi connectivity index (χ0v) is 11.0. The fourth-order valence-electron chi connectivity index (χ4n) is 2.74. The van der Waals surface area contributed by atoms with Crippen LogP contribution in [0.2, 0.25) is 0 Å². The van der Waals surface area contributed by atoms with E-state index in [2.05, 4.69) is 0 Å². The number of rotatable bonds is 2. The van der Waals surface area contributed by atoms with Gasteiger partial charge in [0.05, 0.1) is 0 Å². The molecule has 1 heterocycles. The predicted octanol–water partition coefficient (Wildman–Crippen LogP) is 1.82. The Hall–Kier alpha value is -1.84. The standard InChI is InChI=1S/C15H17NO3/c1-16-8-7-14(15(16)18)19-11-6-5-10-3-2-4-13(17)12(10)9-11/h5-6,9,14H,2-4,7-8H2,1H3. The number of benzene rings is 1. The number of amides is 1. The number of fused-ring (bicyclic) bond motifs is 1. The molecular formula is C15H17NO3. The zero-order chi connectivity index (χ0) is 13.4. The van der Waals surface area contributed by atoms with Crippen molar-refractivity contribution in [3.63, 3.8) is 0 Å². The van der Waals surface area contributed by atoms with E-state index in [-0.39, 0.29) is 11.7 Å². The van der Waals surface area contributed by atoms with Crippen LogP contribution in [0.3, 0.4) is 0 Å². The van der Waals surface area contributed by atoms with E-state index in [0.29, 0.717) is 18.6 Å². The Bertz CT molecular complexity index is 538. The predicted molar refractivity (Wildman–Crippen MR) is 70.4 cm³/mol. The van der Waals surface area contributed by atoms with Crippen LogP contribution in [-0.2, 0) is 11.2 Å². The van der Waals surface area contributed by atoms with E-state index < -0.39 is 6.10 Å². The summed E-state index contributed by atoms with van der Waals surface area (Å²) in [5, 5.41) is 0. The molecule has 2 aliphatic rings. The molecule has 0 radical (unpaired) electrons. The molecule has 1 fully saturated rings. The quantitative estimate of drug-likeness (QED) is 0.814. The molecule has 4 nitrogen and oxygen atoms in total. The summed E-state index contributed by atoms with van der Waals surface area (Å²) in [6.45, 7) is 0.730. The molecule has 1 aromatic carbocycles. The van der Waals surface area contributed by atoms with E-state index in [1.807, 2.05) is 12.1 Å². The first-order chi connectivity index (χ1) is 9.15. The third-order valence-corrected chi connectivity index (χ3v) is 3.89. The lowest BCUT2D eigenvalue weighted by Gasteiger charge is -2.17. The van der Waals surface area contributed by atoms with Gasteiger partial charge in [-0.05, 0) is 30.5 Å². The van der Waals surface area contributed by atoms with Crippen molar-refractivity contribution in [1.29, 1.82) is 0 Å². The van der Waals surface area contributed by atoms with Crippen LogP contribution in [0.4, 0.5) is 0 Å². The number of Topliss-reactive ketones (excluding diaryl/α,β-unsaturated/α-hetero) is 1. The van der Waals surface area contributed by atoms with E-state index in [9.17, 15) is 9.59 Å². The number of ether oxygens (including phenoxy) is 1. The number of carbonyl (C=O) groups is 2. The number of likely N-dealkylation sites (N-methyl/N-ethyl adjacent to an activating group) is 1. The maximum atomic E-state index is 11.9. The van der Waals surface area contributed by atoms with Crippen LogP contribution in [0.15, 0.2) is 18.2 Å². The molecule has 1 amide bonds. The average molecular weight is 259 g/mol. The van der Waals surface area contributed by atoms with Crippen LogP contribution in [-0.4, -0.2) is 36.3 Å². The number of aryl methyl sites for hydroxylation is 1. The van der Waals surface area contributed by atoms with E-state index in [4.69, 9.17) is 4.74 Å². The van der Waals surface area contributed by atoms with Crippen LogP contribution < -0.4 is 4.74 Å². The highest BCUT2D eigenvalue weighted by molar-refractivity contribution is 5.98. The minimum Gasteiger partial charge on any atom is -0.481 e. The summed E-state index contributed by atoms with van der Waals surface area (Å²) >= 11 is 0. The van der Waals surface area contributed by atoms with Gasteiger partial charge >= 0.3 is 0 Å². The Morgan fingerprint density at radius 3 is 2.84 bits per heavy atom. The molecule has 19 heavy (non-hydrogen) atoms. The van der Waals surface area contributed by atoms with E-state index in [1.54, 1.807) is 18.0 Å². The summed E-state index contributed by atoms with van der Waals surface area (Å²) in [5.74, 6) is 0.827. The van der Waals surface area contributed by atoms with Gasteiger partial charge in [0.1, 0.15) is 5.75 Å². The normalized spacial score (nSPS) is 22.6. The van der Waals surface area contributed by atoms with E-state index in [0.717, 1.165) is 30.5 Å². The lowest BCUT2D eigenvalue weighted by molar-refractivity contribution is -0.132. The smallest absolute Gasteiger partial charge is 0.263 e. The maximum absolute atomic E-state index is 11.9. The number of hydrogen-bond acceptors (Lipinski definition) is 3. The summed E-state index contributed by atoms with van der Waals surface area (Å²) in [4.78, 5) is 25.3. The molecule has 1 aromatic rings. The van der Waals surface area contributed by atoms with Crippen LogP contribution in [0, 0.1) is 0 Å². The number of likely N-dealkylation sites (tertiary alicyclic amines) is 1. The molecule has 4 heteroatoms. The van der Waals surface area contributed by atoms with Crippen molar-refractivity contribution >= 4 is 11.7 Å². The Labute approximate surface area is 112 Å². The molecule has 1 saturated heterocycles. The molecule has 0 N–H and O–H groups in total. The molecule has 0 saturated carbocycles. The lowest BCUT2D eigenvalue weighted by atomic mass is 9.90. The molecule has 1 atom stereocenters. The largest absolute Gasteiger partial charge is 0.481 e. The highest BCUT2D eigenvalue weighted by Gasteiger charge is 2.31. The second-order valence-corrected chi connectivity index (χ2v) is 5.25. The second-order valence-electron chi connectivity index (χ2n) is 5.25. The van der Waals surface area contributed by atoms with Gasteiger partial charge < -0.3 is 9.64 Å². The van der Waals surface area contributed by atoms with Crippen molar-refractivity contribution in [2.75, 3.05) is 13.6 Å². The number of hydrogen-bond donors (Lipinski definition) is 0. The van der Waals surface area contributed by atoms with Gasteiger partial charge in [0.25, 0.3) is 5.91 Å². The molecule has 1 aliphatic carbocycles. The first-order valence-electron chi connectivity index (χ1n) is 6.73. The summed E-state index contributed by atoms with van der Waals surface area (Å²) < 4.78 is 5.73. The van der Waals surface area contributed by atoms with Gasteiger partial charge in [-0.2, -0.15) is 0 Å². The van der Waals surface area contributed by atoms with Gasteiger partial charge in [-0.3, -0.25) is 9.59 Å². The third kappa shape index (κ3) is 2.23. The van der Waals surface area contributed by atoms with Gasteiger partial charge in [0.15, 0.2) is 11.9 Å². The SMILES string of the molecule is CN1CCC(Oc2ccc3c(c2)C(=O)CCC3)C1=O. The molecule has 1 aliphatic heterocycles. The Kier molecular flexibility index (Phi) is 3.01. The first kappa shape index (κ1) is 12.2. The zero-order valence-electron chi connectivity index (χ0n) is 11.0. The molecule has 0 spiro atoms. The minimum absolute atomic E-state index is 0.0176. The number of ketones is 1. The highest BCUT2D eigenvalue weighted by atomic mass is 16.5. The van der Waals surface area contributed by atoms with Gasteiger partial charge in [-0.15, -0.1) is 0 Å². The Morgan fingerprint density at radius 1 is 1.26 bits per heavy atom. The van der Waals surface area contributed by atoms with Gasteiger partial charge in [-0.1, -0.05) is 6.07 Å². The van der Waals surface area contributed by atoms with Crippen LogP contribution >= 0.6 is 0 Å². The summed E-state index contributed by atoms with van der Waals surface area (Å²) in [6, 6.07) is 5.61.